The number of carboxylic acid groups (broad SMARTS) is 2. The van der Waals surface area contributed by atoms with E-state index in [2.05, 4.69) is 5.32 Å². The summed E-state index contributed by atoms with van der Waals surface area (Å²) in [5.74, 6) is -8.69. The number of phenols is 1. The summed E-state index contributed by atoms with van der Waals surface area (Å²) in [5, 5.41) is 30.1. The topological polar surface area (TPSA) is 220 Å². The minimum Gasteiger partial charge on any atom is -0.507 e. The van der Waals surface area contributed by atoms with Gasteiger partial charge in [0.25, 0.3) is 0 Å². The molecule has 0 spiro atoms. The highest BCUT2D eigenvalue weighted by Crippen LogP contribution is 2.32. The van der Waals surface area contributed by atoms with Gasteiger partial charge < -0.3 is 35.8 Å². The van der Waals surface area contributed by atoms with E-state index < -0.39 is 76.6 Å². The van der Waals surface area contributed by atoms with Crippen molar-refractivity contribution in [2.75, 3.05) is 0 Å². The maximum Gasteiger partial charge on any atom is 0.339 e. The summed E-state index contributed by atoms with van der Waals surface area (Å²) in [6.07, 6.45) is 10.3. The largest absolute Gasteiger partial charge is 0.507 e. The number of aryl methyl sites for hydroxylation is 1. The van der Waals surface area contributed by atoms with Gasteiger partial charge in [-0.2, -0.15) is 23.4 Å². The van der Waals surface area contributed by atoms with Crippen LogP contribution in [0.15, 0.2) is 133 Å². The van der Waals surface area contributed by atoms with Crippen LogP contribution in [0.25, 0.3) is 33.4 Å². The molecule has 468 valence electrons. The molecule has 0 bridgehead atoms. The highest BCUT2D eigenvalue weighted by Gasteiger charge is 2.26. The molecule has 6 aromatic rings. The van der Waals surface area contributed by atoms with Gasteiger partial charge in [-0.1, -0.05) is 91.5 Å². The fourth-order valence-corrected chi connectivity index (χ4v) is 7.63. The zero-order valence-electron chi connectivity index (χ0n) is 47.8. The number of carbonyl (C=O) groups excluding carboxylic acids is 4. The lowest BCUT2D eigenvalue weighted by atomic mass is 10.0. The summed E-state index contributed by atoms with van der Waals surface area (Å²) in [5.41, 5.74) is 7.14. The quantitative estimate of drug-likeness (QED) is 0.0120. The molecule has 86 heavy (non-hydrogen) atoms. The molecule has 0 radical (unpaired) electrons. The lowest BCUT2D eigenvalue weighted by Gasteiger charge is -2.20. The van der Waals surface area contributed by atoms with Crippen molar-refractivity contribution in [2.24, 2.45) is 17.6 Å². The fraction of sp³-hybridized carbons (Fsp3) is 0.281. The highest BCUT2D eigenvalue weighted by molar-refractivity contribution is 7.59. The minimum atomic E-state index is -1.39. The van der Waals surface area contributed by atoms with Crippen LogP contribution in [0.4, 0.5) is 26.3 Å². The van der Waals surface area contributed by atoms with E-state index in [1.807, 2.05) is 53.7 Å². The number of carboxylic acids is 2. The Hall–Kier alpha value is -7.77. The van der Waals surface area contributed by atoms with Gasteiger partial charge in [-0.25, -0.2) is 45.5 Å². The van der Waals surface area contributed by atoms with Crippen LogP contribution < -0.4 is 20.5 Å². The third-order valence-electron chi connectivity index (χ3n) is 11.5. The summed E-state index contributed by atoms with van der Waals surface area (Å²) in [6.45, 7) is 13.4. The van der Waals surface area contributed by atoms with Crippen LogP contribution in [0.1, 0.15) is 115 Å². The van der Waals surface area contributed by atoms with Crippen LogP contribution in [0, 0.1) is 53.7 Å². The van der Waals surface area contributed by atoms with E-state index in [1.165, 1.54) is 42.5 Å². The number of halogens is 7. The Morgan fingerprint density at radius 3 is 1.40 bits per heavy atom. The van der Waals surface area contributed by atoms with Crippen LogP contribution in [-0.2, 0) is 19.2 Å². The number of esters is 2. The van der Waals surface area contributed by atoms with Gasteiger partial charge in [0.1, 0.15) is 75.4 Å². The molecule has 0 aromatic heterocycles. The minimum absolute atomic E-state index is 0. The summed E-state index contributed by atoms with van der Waals surface area (Å²) < 4.78 is 91.1. The Bertz CT molecular complexity index is 3320. The molecule has 6 rings (SSSR count). The molecule has 13 nitrogen and oxygen atoms in total. The van der Waals surface area contributed by atoms with Gasteiger partial charge in [0.15, 0.2) is 0 Å². The second-order valence-corrected chi connectivity index (χ2v) is 19.7. The number of carbonyl (C=O) groups is 6. The number of ether oxygens (including phenoxy) is 2. The summed E-state index contributed by atoms with van der Waals surface area (Å²) in [4.78, 5) is 69.6. The van der Waals surface area contributed by atoms with Crippen molar-refractivity contribution in [2.45, 2.75) is 107 Å². The number of aromatic hydroxyl groups is 1. The number of allylic oxidation sites excluding steroid dienone is 3. The molecule has 3 unspecified atom stereocenters. The number of amides is 1. The number of nitrogens with two attached hydrogens (primary N) is 1. The second-order valence-electron chi connectivity index (χ2n) is 19.3. The van der Waals surface area contributed by atoms with Crippen molar-refractivity contribution in [1.82, 2.24) is 5.32 Å². The van der Waals surface area contributed by atoms with E-state index in [0.717, 1.165) is 49.2 Å². The van der Waals surface area contributed by atoms with Gasteiger partial charge >= 0.3 is 23.9 Å². The van der Waals surface area contributed by atoms with Crippen LogP contribution in [0.5, 0.6) is 17.2 Å². The van der Waals surface area contributed by atoms with E-state index in [0.29, 0.717) is 48.3 Å². The third kappa shape index (κ3) is 26.2. The first kappa shape index (κ1) is 78.2. The first-order chi connectivity index (χ1) is 39.1. The first-order valence-electron chi connectivity index (χ1n) is 26.0. The zero-order valence-corrected chi connectivity index (χ0v) is 51.0. The maximum atomic E-state index is 14.1. The van der Waals surface area contributed by atoms with Gasteiger partial charge in [-0.15, -0.1) is 0 Å². The van der Waals surface area contributed by atoms with Gasteiger partial charge in [-0.05, 0) is 151 Å². The molecule has 0 aliphatic carbocycles. The van der Waals surface area contributed by atoms with E-state index in [4.69, 9.17) is 31.9 Å². The Morgan fingerprint density at radius 2 is 0.988 bits per heavy atom. The smallest absolute Gasteiger partial charge is 0.339 e. The molecular weight excluding hydrogens is 1190 g/mol. The molecule has 0 saturated carbocycles. The lowest BCUT2D eigenvalue weighted by Crippen LogP contribution is -2.43. The molecule has 6 aromatic carbocycles. The Kier molecular flexibility index (Phi) is 35.5. The van der Waals surface area contributed by atoms with Crippen molar-refractivity contribution >= 4 is 70.0 Å². The predicted octanol–water partition coefficient (Wildman–Crippen LogP) is 15.5. The van der Waals surface area contributed by atoms with E-state index in [-0.39, 0.29) is 106 Å². The van der Waals surface area contributed by atoms with E-state index in [9.17, 15) is 65.3 Å². The number of nitrogens with one attached hydrogen (secondary N) is 1. The average molecular weight is 1260 g/mol. The standard InChI is InChI=1S/C25H27F2NO5.C19H21F2NO2.C13H8F2O3.C6H9ClO.CH4.H3P.H2S.H2/c1-4-5-6-7-23(29)28-21(12-15(2)3)25(32)33-22-11-8-16(13-19(22)24(30)31)18-10-9-17(26)14-20(18)27;1-11(2)8-17(22)19(23)24-18-7-4-13(9-12(18)3)15-6-5-14(20)10-16(15)21;14-8-2-3-9(11(15)6-8)7-1-4-12(16)10(5-7)13(17)18;1-2-3-4-5-6(7)8;;;;/h5-6,8-11,13-15,21H,4,7,12H2,1-3H3,(H,28,29)(H,30,31);4-7,9-11,17H,8,22H2,1-3H3;1-6,16H,(H,17,18);3-4H,2,5H2,1H3;1H4;1H3;1H2;1H/b6-5-;;;4-3-;;;;/i;;;;;;;1+2. The molecule has 0 aliphatic rings. The monoisotopic (exact) mass is 1260 g/mol. The van der Waals surface area contributed by atoms with Crippen molar-refractivity contribution in [3.05, 3.63) is 185 Å². The van der Waals surface area contributed by atoms with Crippen molar-refractivity contribution < 1.29 is 81.3 Å². The van der Waals surface area contributed by atoms with E-state index >= 15 is 0 Å². The number of benzene rings is 6. The zero-order chi connectivity index (χ0) is 62.1. The molecular formula is C64H76ClF6N2O11PS. The highest BCUT2D eigenvalue weighted by atomic mass is 35.5. The number of hydrogen-bond acceptors (Lipinski definition) is 10. The van der Waals surface area contributed by atoms with Gasteiger partial charge in [0.05, 0.1) is 0 Å². The normalized spacial score (nSPS) is 11.2. The van der Waals surface area contributed by atoms with Crippen LogP contribution in [0.2, 0.25) is 0 Å². The molecule has 1 amide bonds. The SMILES string of the molecule is C.CC/C=C\CC(=O)Cl.CC/C=C\CC(=O)NC(CC(C)C)C(=O)Oc1ccc(-c2ccc(F)cc2F)cc1C(=O)O.Cc1cc(-c2ccc(F)cc2F)ccc1OC(=O)C(N)CC(C)C.O=C(O)c1cc(-c2ccc(F)cc2F)ccc1O.P.S.[3HH]. The van der Waals surface area contributed by atoms with Crippen LogP contribution in [0.3, 0.4) is 0 Å². The number of aromatic carboxylic acids is 2. The summed E-state index contributed by atoms with van der Waals surface area (Å²) in [6, 6.07) is 20.0. The Morgan fingerprint density at radius 1 is 0.581 bits per heavy atom. The molecule has 6 N–H and O–H groups in total. The van der Waals surface area contributed by atoms with Crippen molar-refractivity contribution in [3.8, 4) is 50.6 Å². The molecule has 22 heteroatoms. The van der Waals surface area contributed by atoms with Gasteiger partial charge in [0, 0.05) is 49.2 Å². The maximum absolute atomic E-state index is 14.1. The number of hydrogen-bond donors (Lipinski definition) is 5. The van der Waals surface area contributed by atoms with Gasteiger partial charge in [0.2, 0.25) is 11.1 Å². The van der Waals surface area contributed by atoms with Crippen molar-refractivity contribution in [3.63, 3.8) is 0 Å². The predicted molar refractivity (Wildman–Crippen MR) is 335 cm³/mol. The molecule has 0 heterocycles. The Balaban J connectivity index is 0. The van der Waals surface area contributed by atoms with Crippen LogP contribution >= 0.6 is 35.0 Å². The van der Waals surface area contributed by atoms with Crippen molar-refractivity contribution in [1.29, 1.82) is 0 Å². The summed E-state index contributed by atoms with van der Waals surface area (Å²) >= 11 is 5.02. The lowest BCUT2D eigenvalue weighted by molar-refractivity contribution is -0.139. The third-order valence-corrected chi connectivity index (χ3v) is 11.7. The molecule has 0 aliphatic heterocycles. The molecule has 3 atom stereocenters. The number of rotatable bonds is 20. The molecule has 0 saturated heterocycles. The average Bonchev–Trinajstić information content (AvgIpc) is 2.18. The fourth-order valence-electron chi connectivity index (χ4n) is 7.54. The van der Waals surface area contributed by atoms with E-state index in [1.54, 1.807) is 37.3 Å². The van der Waals surface area contributed by atoms with Gasteiger partial charge in [-0.3, -0.25) is 9.59 Å². The Labute approximate surface area is 514 Å². The second kappa shape index (κ2) is 39.0. The van der Waals surface area contributed by atoms with Crippen LogP contribution in [-0.4, -0.2) is 62.4 Å². The first-order valence-corrected chi connectivity index (χ1v) is 26.4. The molecule has 0 fully saturated rings. The summed E-state index contributed by atoms with van der Waals surface area (Å²) in [7, 11) is 0.